The fraction of sp³-hybridized carbons (Fsp3) is 0.647. The summed E-state index contributed by atoms with van der Waals surface area (Å²) in [7, 11) is 0. The quantitative estimate of drug-likeness (QED) is 0.903. The van der Waals surface area contributed by atoms with Crippen LogP contribution >= 0.6 is 15.9 Å². The van der Waals surface area contributed by atoms with Crippen molar-refractivity contribution in [2.75, 3.05) is 31.1 Å². The van der Waals surface area contributed by atoms with E-state index in [0.29, 0.717) is 0 Å². The Labute approximate surface area is 136 Å². The summed E-state index contributed by atoms with van der Waals surface area (Å²) in [5, 5.41) is 0. The third-order valence-corrected chi connectivity index (χ3v) is 5.63. The van der Waals surface area contributed by atoms with Crippen LogP contribution in [0.3, 0.4) is 0 Å². The smallest absolute Gasteiger partial charge is 0.0511 e. The Kier molecular flexibility index (Phi) is 4.87. The molecule has 1 saturated carbocycles. The predicted molar refractivity (Wildman–Crippen MR) is 92.8 cm³/mol. The van der Waals surface area contributed by atoms with Gasteiger partial charge in [-0.15, -0.1) is 0 Å². The van der Waals surface area contributed by atoms with Crippen LogP contribution in [0.1, 0.15) is 44.2 Å². The summed E-state index contributed by atoms with van der Waals surface area (Å²) in [4.78, 5) is 5.20. The van der Waals surface area contributed by atoms with Gasteiger partial charge in [0.25, 0.3) is 0 Å². The number of anilines is 1. The molecule has 1 aliphatic carbocycles. The molecule has 1 aromatic rings. The highest BCUT2D eigenvalue weighted by Crippen LogP contribution is 2.31. The van der Waals surface area contributed by atoms with Crippen molar-refractivity contribution in [2.45, 2.75) is 44.7 Å². The molecule has 1 heterocycles. The molecule has 4 heteroatoms. The van der Waals surface area contributed by atoms with Crippen molar-refractivity contribution < 1.29 is 0 Å². The van der Waals surface area contributed by atoms with Crippen LogP contribution in [0.4, 0.5) is 5.69 Å². The van der Waals surface area contributed by atoms with E-state index in [0.717, 1.165) is 19.1 Å². The molecular weight excluding hydrogens is 326 g/mol. The maximum Gasteiger partial charge on any atom is 0.0511 e. The highest BCUT2D eigenvalue weighted by molar-refractivity contribution is 9.10. The van der Waals surface area contributed by atoms with Crippen molar-refractivity contribution in [1.29, 1.82) is 0 Å². The van der Waals surface area contributed by atoms with Crippen LogP contribution in [0.15, 0.2) is 22.7 Å². The van der Waals surface area contributed by atoms with E-state index < -0.39 is 0 Å². The minimum Gasteiger partial charge on any atom is -0.368 e. The summed E-state index contributed by atoms with van der Waals surface area (Å²) in [6.45, 7) is 6.69. The molecule has 1 atom stereocenters. The second-order valence-electron chi connectivity index (χ2n) is 6.46. The predicted octanol–water partition coefficient (Wildman–Crippen LogP) is 3.53. The van der Waals surface area contributed by atoms with Gasteiger partial charge >= 0.3 is 0 Å². The monoisotopic (exact) mass is 351 g/mol. The van der Waals surface area contributed by atoms with Crippen molar-refractivity contribution in [3.8, 4) is 0 Å². The van der Waals surface area contributed by atoms with Gasteiger partial charge in [0, 0.05) is 42.7 Å². The lowest BCUT2D eigenvalue weighted by atomic mass is 10.1. The second kappa shape index (κ2) is 6.67. The average molecular weight is 352 g/mol. The summed E-state index contributed by atoms with van der Waals surface area (Å²) in [6, 6.07) is 7.50. The van der Waals surface area contributed by atoms with E-state index in [1.807, 2.05) is 6.92 Å². The first-order valence-electron chi connectivity index (χ1n) is 8.19. The summed E-state index contributed by atoms with van der Waals surface area (Å²) in [6.07, 6.45) is 5.67. The number of piperazine rings is 1. The maximum atomic E-state index is 5.96. The van der Waals surface area contributed by atoms with Crippen LogP contribution in [0.2, 0.25) is 0 Å². The first kappa shape index (κ1) is 15.3. The molecule has 2 fully saturated rings. The SMILES string of the molecule is C[C@@H](N)c1ccc(N2CCN(C3CCCC3)CC2)c(Br)c1. The molecule has 0 aromatic heterocycles. The van der Waals surface area contributed by atoms with Crippen LogP contribution in [0.5, 0.6) is 0 Å². The Hall–Kier alpha value is -0.580. The fourth-order valence-corrected chi connectivity index (χ4v) is 4.31. The van der Waals surface area contributed by atoms with Crippen LogP contribution in [-0.2, 0) is 0 Å². The van der Waals surface area contributed by atoms with Gasteiger partial charge in [-0.3, -0.25) is 4.90 Å². The molecule has 3 rings (SSSR count). The summed E-state index contributed by atoms with van der Waals surface area (Å²) >= 11 is 3.72. The van der Waals surface area contributed by atoms with Crippen LogP contribution in [0, 0.1) is 0 Å². The summed E-state index contributed by atoms with van der Waals surface area (Å²) < 4.78 is 1.17. The van der Waals surface area contributed by atoms with Crippen molar-refractivity contribution >= 4 is 21.6 Å². The largest absolute Gasteiger partial charge is 0.368 e. The Morgan fingerprint density at radius 2 is 1.81 bits per heavy atom. The lowest BCUT2D eigenvalue weighted by Crippen LogP contribution is -2.49. The fourth-order valence-electron chi connectivity index (χ4n) is 3.66. The zero-order chi connectivity index (χ0) is 14.8. The van der Waals surface area contributed by atoms with Crippen LogP contribution in [0.25, 0.3) is 0 Å². The molecule has 0 bridgehead atoms. The number of hydrogen-bond donors (Lipinski definition) is 1. The Morgan fingerprint density at radius 3 is 2.38 bits per heavy atom. The van der Waals surface area contributed by atoms with Gasteiger partial charge in [-0.05, 0) is 53.4 Å². The first-order valence-corrected chi connectivity index (χ1v) is 8.98. The molecule has 0 radical (unpaired) electrons. The van der Waals surface area contributed by atoms with Gasteiger partial charge in [0.2, 0.25) is 0 Å². The molecular formula is C17H26BrN3. The van der Waals surface area contributed by atoms with Crippen molar-refractivity contribution in [3.63, 3.8) is 0 Å². The van der Waals surface area contributed by atoms with Gasteiger partial charge in [-0.1, -0.05) is 18.9 Å². The number of halogens is 1. The molecule has 3 nitrogen and oxygen atoms in total. The van der Waals surface area contributed by atoms with Gasteiger partial charge in [0.1, 0.15) is 0 Å². The highest BCUT2D eigenvalue weighted by atomic mass is 79.9. The molecule has 1 saturated heterocycles. The average Bonchev–Trinajstić information content (AvgIpc) is 3.01. The third-order valence-electron chi connectivity index (χ3n) is 4.99. The van der Waals surface area contributed by atoms with Crippen molar-refractivity contribution in [3.05, 3.63) is 28.2 Å². The molecule has 0 unspecified atom stereocenters. The lowest BCUT2D eigenvalue weighted by Gasteiger charge is -2.39. The van der Waals surface area contributed by atoms with E-state index in [1.165, 1.54) is 54.5 Å². The highest BCUT2D eigenvalue weighted by Gasteiger charge is 2.26. The zero-order valence-corrected chi connectivity index (χ0v) is 14.5. The van der Waals surface area contributed by atoms with Gasteiger partial charge in [-0.25, -0.2) is 0 Å². The Balaban J connectivity index is 1.63. The number of nitrogens with zero attached hydrogens (tertiary/aromatic N) is 2. The number of hydrogen-bond acceptors (Lipinski definition) is 3. The van der Waals surface area contributed by atoms with Gasteiger partial charge < -0.3 is 10.6 Å². The van der Waals surface area contributed by atoms with Crippen molar-refractivity contribution in [2.24, 2.45) is 5.73 Å². The van der Waals surface area contributed by atoms with E-state index in [1.54, 1.807) is 0 Å². The standard InChI is InChI=1S/C17H26BrN3/c1-13(19)14-6-7-17(16(18)12-14)21-10-8-20(9-11-21)15-4-2-3-5-15/h6-7,12-13,15H,2-5,8-11,19H2,1H3/t13-/m1/s1. The molecule has 116 valence electrons. The van der Waals surface area contributed by atoms with Crippen molar-refractivity contribution in [1.82, 2.24) is 4.90 Å². The molecule has 2 N–H and O–H groups in total. The number of rotatable bonds is 3. The van der Waals surface area contributed by atoms with Gasteiger partial charge in [-0.2, -0.15) is 0 Å². The summed E-state index contributed by atoms with van der Waals surface area (Å²) in [5.74, 6) is 0. The van der Waals surface area contributed by atoms with E-state index in [9.17, 15) is 0 Å². The molecule has 2 aliphatic rings. The molecule has 0 spiro atoms. The lowest BCUT2D eigenvalue weighted by molar-refractivity contribution is 0.187. The van der Waals surface area contributed by atoms with E-state index >= 15 is 0 Å². The van der Waals surface area contributed by atoms with Gasteiger partial charge in [0.15, 0.2) is 0 Å². The normalized spacial score (nSPS) is 22.7. The maximum absolute atomic E-state index is 5.96. The Morgan fingerprint density at radius 1 is 1.14 bits per heavy atom. The molecule has 1 aromatic carbocycles. The zero-order valence-electron chi connectivity index (χ0n) is 12.9. The van der Waals surface area contributed by atoms with Crippen LogP contribution in [-0.4, -0.2) is 37.1 Å². The summed E-state index contributed by atoms with van der Waals surface area (Å²) in [5.41, 5.74) is 8.46. The number of benzene rings is 1. The molecule has 21 heavy (non-hydrogen) atoms. The van der Waals surface area contributed by atoms with Crippen LogP contribution < -0.4 is 10.6 Å². The van der Waals surface area contributed by atoms with Gasteiger partial charge in [0.05, 0.1) is 5.69 Å². The second-order valence-corrected chi connectivity index (χ2v) is 7.32. The topological polar surface area (TPSA) is 32.5 Å². The number of nitrogens with two attached hydrogens (primary N) is 1. The Bertz CT molecular complexity index is 475. The van der Waals surface area contributed by atoms with E-state index in [2.05, 4.69) is 43.9 Å². The van der Waals surface area contributed by atoms with E-state index in [4.69, 9.17) is 5.73 Å². The molecule has 0 amide bonds. The molecule has 1 aliphatic heterocycles. The minimum atomic E-state index is 0.0922. The third kappa shape index (κ3) is 3.43. The van der Waals surface area contributed by atoms with E-state index in [-0.39, 0.29) is 6.04 Å². The first-order chi connectivity index (χ1) is 10.1. The minimum absolute atomic E-state index is 0.0922.